The highest BCUT2D eigenvalue weighted by molar-refractivity contribution is 5.42. The summed E-state index contributed by atoms with van der Waals surface area (Å²) in [7, 11) is 0. The van der Waals surface area contributed by atoms with E-state index in [1.54, 1.807) is 0 Å². The zero-order valence-electron chi connectivity index (χ0n) is 8.99. The summed E-state index contributed by atoms with van der Waals surface area (Å²) in [5.74, 6) is 0.911. The van der Waals surface area contributed by atoms with Crippen LogP contribution < -0.4 is 11.1 Å². The predicted octanol–water partition coefficient (Wildman–Crippen LogP) is 0.913. The minimum absolute atomic E-state index is 0.260. The van der Waals surface area contributed by atoms with Crippen molar-refractivity contribution in [3.05, 3.63) is 23.4 Å². The molecule has 4 heteroatoms. The van der Waals surface area contributed by atoms with Gasteiger partial charge in [-0.15, -0.1) is 0 Å². The smallest absolute Gasteiger partial charge is 0.126 e. The molecule has 0 spiro atoms. The molecule has 1 aliphatic rings. The van der Waals surface area contributed by atoms with Crippen molar-refractivity contribution < 1.29 is 4.74 Å². The molecular weight excluding hydrogens is 190 g/mol. The number of nitrogens with one attached hydrogen (secondary N) is 1. The third kappa shape index (κ3) is 2.46. The van der Waals surface area contributed by atoms with Crippen molar-refractivity contribution >= 4 is 5.82 Å². The average Bonchev–Trinajstić information content (AvgIpc) is 2.29. The SMILES string of the molecule is CC(CN)Nc1cc2c(cn1)COCC2. The van der Waals surface area contributed by atoms with E-state index in [1.807, 2.05) is 13.1 Å². The number of anilines is 1. The molecule has 4 nitrogen and oxygen atoms in total. The lowest BCUT2D eigenvalue weighted by molar-refractivity contribution is 0.110. The van der Waals surface area contributed by atoms with Crippen molar-refractivity contribution in [1.29, 1.82) is 0 Å². The van der Waals surface area contributed by atoms with Crippen LogP contribution in [0.1, 0.15) is 18.1 Å². The van der Waals surface area contributed by atoms with Crippen molar-refractivity contribution in [2.45, 2.75) is 26.0 Å². The Morgan fingerprint density at radius 2 is 2.47 bits per heavy atom. The molecule has 0 aliphatic carbocycles. The Morgan fingerprint density at radius 1 is 1.60 bits per heavy atom. The molecule has 0 aromatic carbocycles. The number of rotatable bonds is 3. The average molecular weight is 207 g/mol. The molecule has 82 valence electrons. The van der Waals surface area contributed by atoms with Crippen LogP contribution in [0.4, 0.5) is 5.82 Å². The van der Waals surface area contributed by atoms with Gasteiger partial charge in [-0.05, 0) is 30.5 Å². The third-order valence-electron chi connectivity index (χ3n) is 2.60. The van der Waals surface area contributed by atoms with E-state index in [-0.39, 0.29) is 6.04 Å². The minimum Gasteiger partial charge on any atom is -0.376 e. The van der Waals surface area contributed by atoms with Crippen LogP contribution in [0.25, 0.3) is 0 Å². The molecule has 1 unspecified atom stereocenters. The first kappa shape index (κ1) is 10.4. The number of nitrogens with zero attached hydrogens (tertiary/aromatic N) is 1. The number of nitrogens with two attached hydrogens (primary N) is 1. The predicted molar refractivity (Wildman–Crippen MR) is 59.7 cm³/mol. The van der Waals surface area contributed by atoms with Gasteiger partial charge in [0.2, 0.25) is 0 Å². The van der Waals surface area contributed by atoms with Gasteiger partial charge < -0.3 is 15.8 Å². The van der Waals surface area contributed by atoms with Crippen LogP contribution in [0.2, 0.25) is 0 Å². The molecular formula is C11H17N3O. The number of aromatic nitrogens is 1. The third-order valence-corrected chi connectivity index (χ3v) is 2.60. The van der Waals surface area contributed by atoms with Gasteiger partial charge in [0.1, 0.15) is 5.82 Å². The van der Waals surface area contributed by atoms with E-state index in [9.17, 15) is 0 Å². The Bertz CT molecular complexity index is 341. The lowest BCUT2D eigenvalue weighted by Crippen LogP contribution is -2.26. The van der Waals surface area contributed by atoms with E-state index in [0.29, 0.717) is 13.2 Å². The molecule has 0 radical (unpaired) electrons. The highest BCUT2D eigenvalue weighted by Crippen LogP contribution is 2.18. The second kappa shape index (κ2) is 4.59. The summed E-state index contributed by atoms with van der Waals surface area (Å²) in [6.07, 6.45) is 2.86. The minimum atomic E-state index is 0.260. The molecule has 0 bridgehead atoms. The molecule has 1 atom stereocenters. The Hall–Kier alpha value is -1.13. The number of pyridine rings is 1. The van der Waals surface area contributed by atoms with E-state index >= 15 is 0 Å². The number of hydrogen-bond acceptors (Lipinski definition) is 4. The fourth-order valence-electron chi connectivity index (χ4n) is 1.64. The molecule has 15 heavy (non-hydrogen) atoms. The van der Waals surface area contributed by atoms with Crippen LogP contribution in [-0.4, -0.2) is 24.2 Å². The van der Waals surface area contributed by atoms with E-state index in [2.05, 4.69) is 16.4 Å². The maximum Gasteiger partial charge on any atom is 0.126 e. The van der Waals surface area contributed by atoms with Crippen LogP contribution in [0, 0.1) is 0 Å². The van der Waals surface area contributed by atoms with E-state index < -0.39 is 0 Å². The summed E-state index contributed by atoms with van der Waals surface area (Å²) in [4.78, 5) is 4.33. The summed E-state index contributed by atoms with van der Waals surface area (Å²) >= 11 is 0. The first-order valence-electron chi connectivity index (χ1n) is 5.31. The molecule has 0 fully saturated rings. The van der Waals surface area contributed by atoms with E-state index in [1.165, 1.54) is 11.1 Å². The van der Waals surface area contributed by atoms with Crippen molar-refractivity contribution in [2.75, 3.05) is 18.5 Å². The Kier molecular flexibility index (Phi) is 3.18. The van der Waals surface area contributed by atoms with E-state index in [0.717, 1.165) is 18.8 Å². The lowest BCUT2D eigenvalue weighted by atomic mass is 10.1. The van der Waals surface area contributed by atoms with Crippen LogP contribution in [0.3, 0.4) is 0 Å². The number of hydrogen-bond donors (Lipinski definition) is 2. The molecule has 3 N–H and O–H groups in total. The lowest BCUT2D eigenvalue weighted by Gasteiger charge is -2.18. The van der Waals surface area contributed by atoms with Gasteiger partial charge in [-0.25, -0.2) is 4.98 Å². The van der Waals surface area contributed by atoms with Gasteiger partial charge in [0.15, 0.2) is 0 Å². The van der Waals surface area contributed by atoms with E-state index in [4.69, 9.17) is 10.5 Å². The first-order chi connectivity index (χ1) is 7.29. The maximum absolute atomic E-state index is 5.55. The molecule has 1 aromatic rings. The van der Waals surface area contributed by atoms with Gasteiger partial charge in [0, 0.05) is 18.8 Å². The normalized spacial score (nSPS) is 16.9. The summed E-state index contributed by atoms with van der Waals surface area (Å²) in [5.41, 5.74) is 8.08. The van der Waals surface area contributed by atoms with Crippen molar-refractivity contribution in [3.63, 3.8) is 0 Å². The van der Waals surface area contributed by atoms with Crippen molar-refractivity contribution in [2.24, 2.45) is 5.73 Å². The molecule has 2 heterocycles. The number of ether oxygens (including phenoxy) is 1. The number of fused-ring (bicyclic) bond motifs is 1. The van der Waals surface area contributed by atoms with Gasteiger partial charge in [-0.3, -0.25) is 0 Å². The topological polar surface area (TPSA) is 60.2 Å². The largest absolute Gasteiger partial charge is 0.376 e. The molecule has 0 saturated heterocycles. The first-order valence-corrected chi connectivity index (χ1v) is 5.31. The van der Waals surface area contributed by atoms with Gasteiger partial charge in [0.25, 0.3) is 0 Å². The monoisotopic (exact) mass is 207 g/mol. The zero-order chi connectivity index (χ0) is 10.7. The summed E-state index contributed by atoms with van der Waals surface area (Å²) in [6.45, 7) is 4.16. The van der Waals surface area contributed by atoms with Crippen LogP contribution in [0.15, 0.2) is 12.3 Å². The van der Waals surface area contributed by atoms with Gasteiger partial charge in [0.05, 0.1) is 13.2 Å². The molecule has 2 rings (SSSR count). The Morgan fingerprint density at radius 3 is 3.27 bits per heavy atom. The van der Waals surface area contributed by atoms with Gasteiger partial charge in [-0.1, -0.05) is 0 Å². The van der Waals surface area contributed by atoms with Crippen LogP contribution in [-0.2, 0) is 17.8 Å². The van der Waals surface area contributed by atoms with Crippen molar-refractivity contribution in [3.8, 4) is 0 Å². The van der Waals surface area contributed by atoms with Crippen LogP contribution in [0.5, 0.6) is 0 Å². The highest BCUT2D eigenvalue weighted by atomic mass is 16.5. The second-order valence-electron chi connectivity index (χ2n) is 3.92. The Labute approximate surface area is 89.8 Å². The quantitative estimate of drug-likeness (QED) is 0.773. The molecule has 0 saturated carbocycles. The summed E-state index contributed by atoms with van der Waals surface area (Å²) in [5, 5.41) is 3.26. The molecule has 1 aliphatic heterocycles. The molecule has 1 aromatic heterocycles. The summed E-state index contributed by atoms with van der Waals surface area (Å²) < 4.78 is 5.36. The zero-order valence-corrected chi connectivity index (χ0v) is 8.99. The maximum atomic E-state index is 5.55. The van der Waals surface area contributed by atoms with Crippen molar-refractivity contribution in [1.82, 2.24) is 4.98 Å². The fourth-order valence-corrected chi connectivity index (χ4v) is 1.64. The van der Waals surface area contributed by atoms with Gasteiger partial charge in [-0.2, -0.15) is 0 Å². The second-order valence-corrected chi connectivity index (χ2v) is 3.92. The highest BCUT2D eigenvalue weighted by Gasteiger charge is 2.11. The standard InChI is InChI=1S/C11H17N3O/c1-8(5-12)14-11-4-9-2-3-15-7-10(9)6-13-11/h4,6,8H,2-3,5,7,12H2,1H3,(H,13,14). The Balaban J connectivity index is 2.13. The fraction of sp³-hybridized carbons (Fsp3) is 0.545. The van der Waals surface area contributed by atoms with Crippen LogP contribution >= 0.6 is 0 Å². The van der Waals surface area contributed by atoms with Gasteiger partial charge >= 0.3 is 0 Å². The summed E-state index contributed by atoms with van der Waals surface area (Å²) in [6, 6.07) is 2.36. The molecule has 0 amide bonds.